The van der Waals surface area contributed by atoms with Gasteiger partial charge in [0.05, 0.1) is 5.69 Å². The Morgan fingerprint density at radius 3 is 2.70 bits per heavy atom. The topological polar surface area (TPSA) is 65.5 Å². The van der Waals surface area contributed by atoms with Gasteiger partial charge in [-0.05, 0) is 32.0 Å². The van der Waals surface area contributed by atoms with Crippen LogP contribution in [0.4, 0.5) is 10.5 Å². The van der Waals surface area contributed by atoms with E-state index in [1.54, 1.807) is 28.0 Å². The fourth-order valence-electron chi connectivity index (χ4n) is 3.07. The van der Waals surface area contributed by atoms with Gasteiger partial charge in [-0.1, -0.05) is 17.7 Å². The van der Waals surface area contributed by atoms with Crippen LogP contribution in [0.25, 0.3) is 0 Å². The fourth-order valence-corrected chi connectivity index (χ4v) is 4.33. The lowest BCUT2D eigenvalue weighted by Gasteiger charge is -2.21. The Hall–Kier alpha value is -2.12. The molecule has 0 fully saturated rings. The van der Waals surface area contributed by atoms with Crippen LogP contribution in [-0.4, -0.2) is 52.9 Å². The number of carbonyl (C=O) groups is 2. The van der Waals surface area contributed by atoms with Gasteiger partial charge in [0.15, 0.2) is 5.01 Å². The zero-order valence-corrected chi connectivity index (χ0v) is 17.1. The van der Waals surface area contributed by atoms with Crippen LogP contribution in [0.1, 0.15) is 34.2 Å². The summed E-state index contributed by atoms with van der Waals surface area (Å²) in [4.78, 5) is 34.3. The molecular weight excluding hydrogens is 384 g/mol. The SMILES string of the molecule is CCN(CC)C(=O)c1nc2c(s1)CCN(C(=O)Nc1cccc(Cl)c1)CC2. The summed E-state index contributed by atoms with van der Waals surface area (Å²) in [5.74, 6) is -0.00590. The third-order valence-corrected chi connectivity index (χ3v) is 5.98. The van der Waals surface area contributed by atoms with Crippen molar-refractivity contribution >= 4 is 40.6 Å². The molecule has 1 aromatic heterocycles. The van der Waals surface area contributed by atoms with Crippen LogP contribution < -0.4 is 5.32 Å². The Morgan fingerprint density at radius 2 is 2.00 bits per heavy atom. The molecule has 0 saturated carbocycles. The van der Waals surface area contributed by atoms with Crippen molar-refractivity contribution < 1.29 is 9.59 Å². The van der Waals surface area contributed by atoms with E-state index in [-0.39, 0.29) is 11.9 Å². The van der Waals surface area contributed by atoms with Crippen molar-refractivity contribution in [2.75, 3.05) is 31.5 Å². The molecule has 2 heterocycles. The number of rotatable bonds is 4. The number of hydrogen-bond donors (Lipinski definition) is 1. The molecule has 6 nitrogen and oxygen atoms in total. The van der Waals surface area contributed by atoms with Crippen LogP contribution in [0, 0.1) is 0 Å². The molecule has 8 heteroatoms. The van der Waals surface area contributed by atoms with Crippen molar-refractivity contribution in [2.24, 2.45) is 0 Å². The summed E-state index contributed by atoms with van der Waals surface area (Å²) in [6.07, 6.45) is 1.36. The molecule has 1 N–H and O–H groups in total. The first-order valence-corrected chi connectivity index (χ1v) is 10.3. The van der Waals surface area contributed by atoms with Crippen LogP contribution >= 0.6 is 22.9 Å². The van der Waals surface area contributed by atoms with E-state index in [0.717, 1.165) is 10.6 Å². The fraction of sp³-hybridized carbons (Fsp3) is 0.421. The molecule has 0 unspecified atom stereocenters. The van der Waals surface area contributed by atoms with Crippen LogP contribution in [-0.2, 0) is 12.8 Å². The summed E-state index contributed by atoms with van der Waals surface area (Å²) in [6.45, 7) is 6.46. The number of anilines is 1. The van der Waals surface area contributed by atoms with Crippen LogP contribution in [0.2, 0.25) is 5.02 Å². The molecule has 3 rings (SSSR count). The molecule has 1 aromatic carbocycles. The van der Waals surface area contributed by atoms with Crippen molar-refractivity contribution in [3.63, 3.8) is 0 Å². The van der Waals surface area contributed by atoms with Crippen molar-refractivity contribution in [3.8, 4) is 0 Å². The molecule has 0 radical (unpaired) electrons. The number of nitrogens with zero attached hydrogens (tertiary/aromatic N) is 3. The standard InChI is InChI=1S/C19H23ClN4O2S/c1-3-23(4-2)18(25)17-22-15-8-10-24(11-9-16(15)27-17)19(26)21-14-7-5-6-13(20)12-14/h5-7,12H,3-4,8-11H2,1-2H3,(H,21,26). The van der Waals surface area contributed by atoms with Gasteiger partial charge in [-0.25, -0.2) is 9.78 Å². The molecule has 1 aliphatic rings. The van der Waals surface area contributed by atoms with Gasteiger partial charge < -0.3 is 15.1 Å². The highest BCUT2D eigenvalue weighted by atomic mass is 35.5. The Balaban J connectivity index is 1.64. The first-order valence-electron chi connectivity index (χ1n) is 9.11. The van der Waals surface area contributed by atoms with E-state index in [1.807, 2.05) is 19.9 Å². The van der Waals surface area contributed by atoms with Gasteiger partial charge >= 0.3 is 6.03 Å². The van der Waals surface area contributed by atoms with Gasteiger partial charge in [0.25, 0.3) is 5.91 Å². The number of aromatic nitrogens is 1. The summed E-state index contributed by atoms with van der Waals surface area (Å²) >= 11 is 7.42. The van der Waals surface area contributed by atoms with E-state index in [9.17, 15) is 9.59 Å². The number of hydrogen-bond acceptors (Lipinski definition) is 4. The third-order valence-electron chi connectivity index (χ3n) is 4.60. The molecule has 0 saturated heterocycles. The number of benzene rings is 1. The predicted octanol–water partition coefficient (Wildman–Crippen LogP) is 3.91. The monoisotopic (exact) mass is 406 g/mol. The highest BCUT2D eigenvalue weighted by Gasteiger charge is 2.24. The number of nitrogens with one attached hydrogen (secondary N) is 1. The highest BCUT2D eigenvalue weighted by Crippen LogP contribution is 2.24. The smallest absolute Gasteiger partial charge is 0.321 e. The van der Waals surface area contributed by atoms with E-state index >= 15 is 0 Å². The summed E-state index contributed by atoms with van der Waals surface area (Å²) in [5, 5.41) is 4.02. The molecule has 0 aliphatic carbocycles. The Morgan fingerprint density at radius 1 is 1.26 bits per heavy atom. The molecule has 0 spiro atoms. The lowest BCUT2D eigenvalue weighted by atomic mass is 10.2. The Bertz CT molecular complexity index is 809. The maximum atomic E-state index is 12.5. The van der Waals surface area contributed by atoms with Crippen molar-refractivity contribution in [1.29, 1.82) is 0 Å². The molecule has 2 aromatic rings. The maximum absolute atomic E-state index is 12.5. The van der Waals surface area contributed by atoms with E-state index in [2.05, 4.69) is 10.3 Å². The highest BCUT2D eigenvalue weighted by molar-refractivity contribution is 7.13. The quantitative estimate of drug-likeness (QED) is 0.837. The average Bonchev–Trinajstić information content (AvgIpc) is 2.95. The number of carbonyl (C=O) groups excluding carboxylic acids is 2. The van der Waals surface area contributed by atoms with Gasteiger partial charge in [0.2, 0.25) is 0 Å². The number of amides is 3. The largest absolute Gasteiger partial charge is 0.337 e. The molecule has 3 amide bonds. The van der Waals surface area contributed by atoms with E-state index < -0.39 is 0 Å². The van der Waals surface area contributed by atoms with Crippen molar-refractivity contribution in [2.45, 2.75) is 26.7 Å². The number of fused-ring (bicyclic) bond motifs is 1. The van der Waals surface area contributed by atoms with Crippen molar-refractivity contribution in [3.05, 3.63) is 44.9 Å². The minimum absolute atomic E-state index is 0.00590. The molecule has 1 aliphatic heterocycles. The number of urea groups is 1. The minimum atomic E-state index is -0.146. The first kappa shape index (κ1) is 19.6. The summed E-state index contributed by atoms with van der Waals surface area (Å²) < 4.78 is 0. The van der Waals surface area contributed by atoms with Crippen LogP contribution in [0.5, 0.6) is 0 Å². The van der Waals surface area contributed by atoms with E-state index in [4.69, 9.17) is 11.6 Å². The maximum Gasteiger partial charge on any atom is 0.321 e. The Labute approximate surface area is 168 Å². The zero-order valence-electron chi connectivity index (χ0n) is 15.5. The molecule has 144 valence electrons. The van der Waals surface area contributed by atoms with Gasteiger partial charge in [0, 0.05) is 54.6 Å². The predicted molar refractivity (Wildman–Crippen MR) is 109 cm³/mol. The Kier molecular flexibility index (Phi) is 6.34. The average molecular weight is 407 g/mol. The molecule has 0 bridgehead atoms. The van der Waals surface area contributed by atoms with Crippen LogP contribution in [0.3, 0.4) is 0 Å². The number of halogens is 1. The third kappa shape index (κ3) is 4.59. The zero-order chi connectivity index (χ0) is 19.4. The number of thiazole rings is 1. The molecule has 27 heavy (non-hydrogen) atoms. The molecule has 0 atom stereocenters. The summed E-state index contributed by atoms with van der Waals surface area (Å²) in [6, 6.07) is 6.96. The van der Waals surface area contributed by atoms with Gasteiger partial charge in [-0.15, -0.1) is 11.3 Å². The van der Waals surface area contributed by atoms with Crippen LogP contribution in [0.15, 0.2) is 24.3 Å². The first-order chi connectivity index (χ1) is 13.0. The second kappa shape index (κ2) is 8.71. The van der Waals surface area contributed by atoms with Gasteiger partial charge in [-0.2, -0.15) is 0 Å². The van der Waals surface area contributed by atoms with Gasteiger partial charge in [0.1, 0.15) is 0 Å². The lowest BCUT2D eigenvalue weighted by molar-refractivity contribution is 0.0772. The lowest BCUT2D eigenvalue weighted by Crippen LogP contribution is -2.36. The summed E-state index contributed by atoms with van der Waals surface area (Å²) in [5.41, 5.74) is 1.62. The summed E-state index contributed by atoms with van der Waals surface area (Å²) in [7, 11) is 0. The van der Waals surface area contributed by atoms with Gasteiger partial charge in [-0.3, -0.25) is 4.79 Å². The van der Waals surface area contributed by atoms with E-state index in [1.165, 1.54) is 11.3 Å². The van der Waals surface area contributed by atoms with E-state index in [0.29, 0.717) is 54.7 Å². The second-order valence-corrected chi connectivity index (χ2v) is 7.81. The normalized spacial score (nSPS) is 13.7. The second-order valence-electron chi connectivity index (χ2n) is 6.29. The minimum Gasteiger partial charge on any atom is -0.337 e. The van der Waals surface area contributed by atoms with Crippen molar-refractivity contribution in [1.82, 2.24) is 14.8 Å². The molecular formula is C19H23ClN4O2S.